The Hall–Kier alpha value is -0.520. The van der Waals surface area contributed by atoms with Gasteiger partial charge >= 0.3 is 0 Å². The van der Waals surface area contributed by atoms with Gasteiger partial charge in [-0.05, 0) is 87.9 Å². The number of rotatable bonds is 9. The third-order valence-electron chi connectivity index (χ3n) is 6.56. The van der Waals surface area contributed by atoms with Gasteiger partial charge in [0.15, 0.2) is 0 Å². The molecule has 0 unspecified atom stereocenters. The van der Waals surface area contributed by atoms with E-state index < -0.39 is 0 Å². The van der Waals surface area contributed by atoms with Gasteiger partial charge in [-0.3, -0.25) is 0 Å². The average molecular weight is 331 g/mol. The lowest BCUT2D eigenvalue weighted by molar-refractivity contribution is 0.166. The molecule has 0 aromatic rings. The average Bonchev–Trinajstić information content (AvgIpc) is 2.64. The molecule has 0 nitrogen and oxygen atoms in total. The lowest BCUT2D eigenvalue weighted by Crippen LogP contribution is -2.25. The summed E-state index contributed by atoms with van der Waals surface area (Å²) in [4.78, 5) is 0. The summed E-state index contributed by atoms with van der Waals surface area (Å²) < 4.78 is 0. The second-order valence-corrected chi connectivity index (χ2v) is 8.49. The summed E-state index contributed by atoms with van der Waals surface area (Å²) in [5, 5.41) is 0. The van der Waals surface area contributed by atoms with Crippen molar-refractivity contribution in [1.29, 1.82) is 0 Å². The van der Waals surface area contributed by atoms with Crippen LogP contribution in [0.1, 0.15) is 104 Å². The van der Waals surface area contributed by atoms with E-state index in [9.17, 15) is 0 Å². The third kappa shape index (κ3) is 7.16. The summed E-state index contributed by atoms with van der Waals surface area (Å²) in [6.45, 7) is 4.57. The van der Waals surface area contributed by atoms with Crippen molar-refractivity contribution in [3.63, 3.8) is 0 Å². The maximum Gasteiger partial charge on any atom is -0.0233 e. The summed E-state index contributed by atoms with van der Waals surface area (Å²) in [5.74, 6) is 3.90. The first-order valence-electron chi connectivity index (χ1n) is 11.2. The monoisotopic (exact) mass is 330 g/mol. The second-order valence-electron chi connectivity index (χ2n) is 8.49. The van der Waals surface area contributed by atoms with Gasteiger partial charge in [0.1, 0.15) is 0 Å². The SMILES string of the molecule is CCCC/C=C/C1CCC(C2CCC(/C=C/CCCC)CC2)CC1. The molecule has 0 spiro atoms. The molecule has 0 aromatic carbocycles. The van der Waals surface area contributed by atoms with E-state index in [1.165, 1.54) is 89.9 Å². The molecule has 0 aromatic heterocycles. The first kappa shape index (κ1) is 19.8. The minimum absolute atomic E-state index is 0.899. The molecule has 24 heavy (non-hydrogen) atoms. The number of hydrogen-bond donors (Lipinski definition) is 0. The van der Waals surface area contributed by atoms with Crippen molar-refractivity contribution in [2.45, 2.75) is 104 Å². The zero-order chi connectivity index (χ0) is 17.0. The van der Waals surface area contributed by atoms with Crippen LogP contribution in [0.5, 0.6) is 0 Å². The van der Waals surface area contributed by atoms with Crippen LogP contribution in [0.4, 0.5) is 0 Å². The van der Waals surface area contributed by atoms with Crippen molar-refractivity contribution in [2.75, 3.05) is 0 Å². The van der Waals surface area contributed by atoms with E-state index in [0.717, 1.165) is 23.7 Å². The summed E-state index contributed by atoms with van der Waals surface area (Å²) in [5.41, 5.74) is 0. The van der Waals surface area contributed by atoms with Gasteiger partial charge in [-0.15, -0.1) is 0 Å². The standard InChI is InChI=1S/C24H42/c1-3-5-7-9-11-21-13-17-23(18-14-21)24-19-15-22(16-20-24)12-10-8-6-4-2/h9-12,21-24H,3-8,13-20H2,1-2H3/b11-9+,12-10+. The quantitative estimate of drug-likeness (QED) is 0.296. The van der Waals surface area contributed by atoms with Gasteiger partial charge < -0.3 is 0 Å². The van der Waals surface area contributed by atoms with Crippen LogP contribution < -0.4 is 0 Å². The van der Waals surface area contributed by atoms with Gasteiger partial charge in [0.2, 0.25) is 0 Å². The highest BCUT2D eigenvalue weighted by molar-refractivity contribution is 4.94. The topological polar surface area (TPSA) is 0 Å². The Kier molecular flexibility index (Phi) is 9.85. The maximum absolute atomic E-state index is 2.55. The summed E-state index contributed by atoms with van der Waals surface area (Å²) in [6.07, 6.45) is 29.9. The molecule has 0 atom stereocenters. The first-order chi connectivity index (χ1) is 11.8. The van der Waals surface area contributed by atoms with E-state index in [-0.39, 0.29) is 0 Å². The van der Waals surface area contributed by atoms with Crippen molar-refractivity contribution in [3.8, 4) is 0 Å². The molecular weight excluding hydrogens is 288 g/mol. The largest absolute Gasteiger partial charge is 0.0883 e. The van der Waals surface area contributed by atoms with Crippen molar-refractivity contribution < 1.29 is 0 Å². The van der Waals surface area contributed by atoms with Gasteiger partial charge in [-0.25, -0.2) is 0 Å². The van der Waals surface area contributed by atoms with Crippen LogP contribution in [0.2, 0.25) is 0 Å². The molecule has 2 aliphatic carbocycles. The van der Waals surface area contributed by atoms with Crippen LogP contribution in [0.15, 0.2) is 24.3 Å². The molecule has 2 rings (SSSR count). The third-order valence-corrected chi connectivity index (χ3v) is 6.56. The molecule has 0 saturated heterocycles. The lowest BCUT2D eigenvalue weighted by Gasteiger charge is -2.37. The van der Waals surface area contributed by atoms with Crippen LogP contribution in [-0.4, -0.2) is 0 Å². The predicted octanol–water partition coefficient (Wildman–Crippen LogP) is 8.09. The molecular formula is C24H42. The van der Waals surface area contributed by atoms with E-state index in [1.807, 2.05) is 0 Å². The molecule has 0 N–H and O–H groups in total. The molecule has 138 valence electrons. The highest BCUT2D eigenvalue weighted by Gasteiger charge is 2.29. The molecule has 2 saturated carbocycles. The van der Waals surface area contributed by atoms with E-state index in [4.69, 9.17) is 0 Å². The minimum Gasteiger partial charge on any atom is -0.0883 e. The summed E-state index contributed by atoms with van der Waals surface area (Å²) in [7, 11) is 0. The number of hydrogen-bond acceptors (Lipinski definition) is 0. The van der Waals surface area contributed by atoms with E-state index in [1.54, 1.807) is 0 Å². The Balaban J connectivity index is 1.62. The van der Waals surface area contributed by atoms with Gasteiger partial charge in [0, 0.05) is 0 Å². The fourth-order valence-electron chi connectivity index (χ4n) is 4.84. The molecule has 0 bridgehead atoms. The van der Waals surface area contributed by atoms with E-state index in [0.29, 0.717) is 0 Å². The zero-order valence-electron chi connectivity index (χ0n) is 16.5. The Labute approximate surface area is 152 Å². The van der Waals surface area contributed by atoms with Crippen LogP contribution in [0.25, 0.3) is 0 Å². The number of unbranched alkanes of at least 4 members (excludes halogenated alkanes) is 4. The van der Waals surface area contributed by atoms with Crippen LogP contribution in [0.3, 0.4) is 0 Å². The fourth-order valence-corrected chi connectivity index (χ4v) is 4.84. The highest BCUT2D eigenvalue weighted by Crippen LogP contribution is 2.41. The van der Waals surface area contributed by atoms with Crippen LogP contribution >= 0.6 is 0 Å². The molecule has 0 heteroatoms. The summed E-state index contributed by atoms with van der Waals surface area (Å²) in [6, 6.07) is 0. The van der Waals surface area contributed by atoms with E-state index in [2.05, 4.69) is 38.2 Å². The maximum atomic E-state index is 2.55. The zero-order valence-corrected chi connectivity index (χ0v) is 16.5. The molecule has 2 fully saturated rings. The molecule has 0 amide bonds. The van der Waals surface area contributed by atoms with E-state index >= 15 is 0 Å². The minimum atomic E-state index is 0.899. The predicted molar refractivity (Wildman–Crippen MR) is 108 cm³/mol. The molecule has 0 heterocycles. The van der Waals surface area contributed by atoms with Crippen molar-refractivity contribution in [2.24, 2.45) is 23.7 Å². The lowest BCUT2D eigenvalue weighted by atomic mass is 9.69. The van der Waals surface area contributed by atoms with Crippen molar-refractivity contribution in [1.82, 2.24) is 0 Å². The second kappa shape index (κ2) is 11.9. The number of allylic oxidation sites excluding steroid dienone is 4. The van der Waals surface area contributed by atoms with Crippen molar-refractivity contribution in [3.05, 3.63) is 24.3 Å². The van der Waals surface area contributed by atoms with Gasteiger partial charge in [-0.1, -0.05) is 63.8 Å². The molecule has 0 radical (unpaired) electrons. The van der Waals surface area contributed by atoms with Crippen LogP contribution in [0, 0.1) is 23.7 Å². The Morgan fingerprint density at radius 3 is 1.29 bits per heavy atom. The van der Waals surface area contributed by atoms with Gasteiger partial charge in [0.25, 0.3) is 0 Å². The first-order valence-corrected chi connectivity index (χ1v) is 11.2. The Morgan fingerprint density at radius 1 is 0.583 bits per heavy atom. The van der Waals surface area contributed by atoms with Crippen LogP contribution in [-0.2, 0) is 0 Å². The van der Waals surface area contributed by atoms with Gasteiger partial charge in [0.05, 0.1) is 0 Å². The summed E-state index contributed by atoms with van der Waals surface area (Å²) >= 11 is 0. The highest BCUT2D eigenvalue weighted by atomic mass is 14.3. The van der Waals surface area contributed by atoms with Crippen molar-refractivity contribution >= 4 is 0 Å². The molecule has 0 aliphatic heterocycles. The Morgan fingerprint density at radius 2 is 0.958 bits per heavy atom. The smallest absolute Gasteiger partial charge is 0.0233 e. The normalized spacial score (nSPS) is 31.9. The van der Waals surface area contributed by atoms with Gasteiger partial charge in [-0.2, -0.15) is 0 Å². The fraction of sp³-hybridized carbons (Fsp3) is 0.833. The Bertz CT molecular complexity index is 312. The molecule has 2 aliphatic rings.